The van der Waals surface area contributed by atoms with Crippen LogP contribution in [-0.2, 0) is 13.0 Å². The fourth-order valence-corrected chi connectivity index (χ4v) is 3.15. The van der Waals surface area contributed by atoms with Crippen molar-refractivity contribution in [3.8, 4) is 5.75 Å². The summed E-state index contributed by atoms with van der Waals surface area (Å²) in [5.74, 6) is 0.487. The van der Waals surface area contributed by atoms with Gasteiger partial charge in [0, 0.05) is 18.2 Å². The predicted molar refractivity (Wildman–Crippen MR) is 114 cm³/mol. The number of nitrogens with one attached hydrogen (secondary N) is 1. The van der Waals surface area contributed by atoms with Crippen LogP contribution in [0.4, 0.5) is 4.39 Å². The molecule has 3 aromatic carbocycles. The SMILES string of the molecule is C[C@H](CCc1ccc(OCc2ccccc2)cc1)NC[C@H](O)c1ccccc1F. The molecule has 0 spiro atoms. The van der Waals surface area contributed by atoms with Gasteiger partial charge in [-0.2, -0.15) is 0 Å². The van der Waals surface area contributed by atoms with Gasteiger partial charge in [-0.3, -0.25) is 0 Å². The number of aryl methyl sites for hydroxylation is 1. The maximum atomic E-state index is 13.7. The first kappa shape index (κ1) is 21.0. The molecule has 0 heterocycles. The first-order chi connectivity index (χ1) is 14.1. The minimum Gasteiger partial charge on any atom is -0.489 e. The lowest BCUT2D eigenvalue weighted by molar-refractivity contribution is 0.165. The molecule has 0 aliphatic rings. The summed E-state index contributed by atoms with van der Waals surface area (Å²) in [6, 6.07) is 24.8. The second kappa shape index (κ2) is 10.7. The lowest BCUT2D eigenvalue weighted by atomic mass is 10.0. The van der Waals surface area contributed by atoms with Crippen molar-refractivity contribution in [2.45, 2.75) is 38.5 Å². The van der Waals surface area contributed by atoms with E-state index in [-0.39, 0.29) is 11.9 Å². The van der Waals surface area contributed by atoms with E-state index in [1.54, 1.807) is 18.2 Å². The molecule has 2 N–H and O–H groups in total. The number of rotatable bonds is 10. The molecule has 0 saturated heterocycles. The van der Waals surface area contributed by atoms with Gasteiger partial charge in [0.15, 0.2) is 0 Å². The molecule has 4 heteroatoms. The van der Waals surface area contributed by atoms with Gasteiger partial charge in [-0.15, -0.1) is 0 Å². The van der Waals surface area contributed by atoms with E-state index in [0.29, 0.717) is 18.7 Å². The number of aliphatic hydroxyl groups excluding tert-OH is 1. The zero-order chi connectivity index (χ0) is 20.5. The molecule has 3 aromatic rings. The summed E-state index contributed by atoms with van der Waals surface area (Å²) in [6.45, 7) is 2.96. The van der Waals surface area contributed by atoms with Gasteiger partial charge < -0.3 is 15.2 Å². The maximum absolute atomic E-state index is 13.7. The van der Waals surface area contributed by atoms with E-state index in [1.165, 1.54) is 11.6 Å². The van der Waals surface area contributed by atoms with Crippen LogP contribution in [0.5, 0.6) is 5.75 Å². The molecular formula is C25H28FNO2. The Morgan fingerprint density at radius 2 is 1.59 bits per heavy atom. The Balaban J connectivity index is 1.39. The van der Waals surface area contributed by atoms with Crippen LogP contribution in [0.2, 0.25) is 0 Å². The largest absolute Gasteiger partial charge is 0.489 e. The van der Waals surface area contributed by atoms with Crippen LogP contribution >= 0.6 is 0 Å². The molecular weight excluding hydrogens is 365 g/mol. The summed E-state index contributed by atoms with van der Waals surface area (Å²) in [5.41, 5.74) is 2.72. The first-order valence-electron chi connectivity index (χ1n) is 10.0. The normalized spacial score (nSPS) is 13.1. The standard InChI is InChI=1S/C25H28FNO2/c1-19(27-17-25(28)23-9-5-6-10-24(23)26)11-12-20-13-15-22(16-14-20)29-18-21-7-3-2-4-8-21/h2-10,13-16,19,25,27-28H,11-12,17-18H2,1H3/t19-,25+/m1/s1. The first-order valence-corrected chi connectivity index (χ1v) is 10.0. The quantitative estimate of drug-likeness (QED) is 0.506. The highest BCUT2D eigenvalue weighted by Gasteiger charge is 2.13. The number of aliphatic hydroxyl groups is 1. The molecule has 0 fully saturated rings. The van der Waals surface area contributed by atoms with E-state index in [4.69, 9.17) is 4.74 Å². The van der Waals surface area contributed by atoms with Crippen LogP contribution in [-0.4, -0.2) is 17.7 Å². The van der Waals surface area contributed by atoms with Gasteiger partial charge in [0.05, 0.1) is 6.10 Å². The van der Waals surface area contributed by atoms with Crippen molar-refractivity contribution in [1.29, 1.82) is 0 Å². The minimum absolute atomic E-state index is 0.213. The third kappa shape index (κ3) is 6.70. The maximum Gasteiger partial charge on any atom is 0.129 e. The van der Waals surface area contributed by atoms with Crippen molar-refractivity contribution in [2.24, 2.45) is 0 Å². The fourth-order valence-electron chi connectivity index (χ4n) is 3.15. The summed E-state index contributed by atoms with van der Waals surface area (Å²) in [6.07, 6.45) is 0.997. The molecule has 0 saturated carbocycles. The van der Waals surface area contributed by atoms with E-state index in [9.17, 15) is 9.50 Å². The highest BCUT2D eigenvalue weighted by Crippen LogP contribution is 2.17. The predicted octanol–water partition coefficient (Wildman–Crippen LogP) is 5.05. The summed E-state index contributed by atoms with van der Waals surface area (Å²) >= 11 is 0. The van der Waals surface area contributed by atoms with Gasteiger partial charge in [-0.25, -0.2) is 4.39 Å². The molecule has 0 radical (unpaired) electrons. The lowest BCUT2D eigenvalue weighted by Gasteiger charge is -2.18. The summed E-state index contributed by atoms with van der Waals surface area (Å²) < 4.78 is 19.5. The highest BCUT2D eigenvalue weighted by molar-refractivity contribution is 5.28. The summed E-state index contributed by atoms with van der Waals surface area (Å²) in [4.78, 5) is 0. The molecule has 0 aliphatic heterocycles. The van der Waals surface area contributed by atoms with Gasteiger partial charge >= 0.3 is 0 Å². The van der Waals surface area contributed by atoms with Crippen molar-refractivity contribution in [3.63, 3.8) is 0 Å². The van der Waals surface area contributed by atoms with Gasteiger partial charge in [0.25, 0.3) is 0 Å². The van der Waals surface area contributed by atoms with Crippen molar-refractivity contribution >= 4 is 0 Å². The third-order valence-corrected chi connectivity index (χ3v) is 4.96. The molecule has 3 rings (SSSR count). The Bertz CT molecular complexity index is 868. The molecule has 0 aliphatic carbocycles. The number of hydrogen-bond donors (Lipinski definition) is 2. The monoisotopic (exact) mass is 393 g/mol. The Kier molecular flexibility index (Phi) is 7.79. The van der Waals surface area contributed by atoms with E-state index in [0.717, 1.165) is 24.2 Å². The zero-order valence-corrected chi connectivity index (χ0v) is 16.7. The van der Waals surface area contributed by atoms with Crippen molar-refractivity contribution in [1.82, 2.24) is 5.32 Å². The lowest BCUT2D eigenvalue weighted by Crippen LogP contribution is -2.31. The van der Waals surface area contributed by atoms with E-state index in [2.05, 4.69) is 24.4 Å². The number of ether oxygens (including phenoxy) is 1. The summed E-state index contributed by atoms with van der Waals surface area (Å²) in [5, 5.41) is 13.5. The molecule has 2 atom stereocenters. The van der Waals surface area contributed by atoms with Gasteiger partial charge in [-0.1, -0.05) is 60.7 Å². The minimum atomic E-state index is -0.848. The second-order valence-corrected chi connectivity index (χ2v) is 7.30. The smallest absolute Gasteiger partial charge is 0.129 e. The van der Waals surface area contributed by atoms with Crippen LogP contribution < -0.4 is 10.1 Å². The molecule has 0 bridgehead atoms. The number of halogens is 1. The molecule has 29 heavy (non-hydrogen) atoms. The van der Waals surface area contributed by atoms with E-state index >= 15 is 0 Å². The average molecular weight is 394 g/mol. The third-order valence-electron chi connectivity index (χ3n) is 4.96. The average Bonchev–Trinajstić information content (AvgIpc) is 2.76. The number of hydrogen-bond acceptors (Lipinski definition) is 3. The Labute approximate surface area is 172 Å². The molecule has 0 unspecified atom stereocenters. The van der Waals surface area contributed by atoms with Crippen molar-refractivity contribution in [2.75, 3.05) is 6.54 Å². The molecule has 3 nitrogen and oxygen atoms in total. The van der Waals surface area contributed by atoms with E-state index in [1.807, 2.05) is 42.5 Å². The molecule has 0 aromatic heterocycles. The zero-order valence-electron chi connectivity index (χ0n) is 16.7. The van der Waals surface area contributed by atoms with Crippen LogP contribution in [0.1, 0.15) is 36.1 Å². The fraction of sp³-hybridized carbons (Fsp3) is 0.280. The van der Waals surface area contributed by atoms with Crippen molar-refractivity contribution < 1.29 is 14.2 Å². The Morgan fingerprint density at radius 3 is 2.31 bits per heavy atom. The molecule has 0 amide bonds. The van der Waals surface area contributed by atoms with Crippen LogP contribution in [0.3, 0.4) is 0 Å². The van der Waals surface area contributed by atoms with Crippen LogP contribution in [0.15, 0.2) is 78.9 Å². The van der Waals surface area contributed by atoms with Crippen LogP contribution in [0, 0.1) is 5.82 Å². The molecule has 152 valence electrons. The van der Waals surface area contributed by atoms with Crippen molar-refractivity contribution in [3.05, 3.63) is 101 Å². The van der Waals surface area contributed by atoms with Gasteiger partial charge in [-0.05, 0) is 49.1 Å². The summed E-state index contributed by atoms with van der Waals surface area (Å²) in [7, 11) is 0. The Morgan fingerprint density at radius 1 is 0.897 bits per heavy atom. The van der Waals surface area contributed by atoms with Gasteiger partial charge in [0.2, 0.25) is 0 Å². The number of benzene rings is 3. The highest BCUT2D eigenvalue weighted by atomic mass is 19.1. The second-order valence-electron chi connectivity index (χ2n) is 7.30. The Hall–Kier alpha value is -2.69. The van der Waals surface area contributed by atoms with Crippen LogP contribution in [0.25, 0.3) is 0 Å². The topological polar surface area (TPSA) is 41.5 Å². The van der Waals surface area contributed by atoms with Gasteiger partial charge in [0.1, 0.15) is 18.2 Å². The van der Waals surface area contributed by atoms with E-state index < -0.39 is 6.10 Å².